The van der Waals surface area contributed by atoms with Gasteiger partial charge in [0.1, 0.15) is 0 Å². The van der Waals surface area contributed by atoms with E-state index in [0.717, 1.165) is 29.6 Å². The van der Waals surface area contributed by atoms with E-state index in [4.69, 9.17) is 0 Å². The van der Waals surface area contributed by atoms with Crippen LogP contribution in [0.1, 0.15) is 135 Å². The second-order valence-electron chi connectivity index (χ2n) is 15.2. The minimum Gasteiger partial charge on any atom is -0.0628 e. The van der Waals surface area contributed by atoms with E-state index in [9.17, 15) is 0 Å². The van der Waals surface area contributed by atoms with Crippen molar-refractivity contribution in [2.24, 2.45) is 29.6 Å². The van der Waals surface area contributed by atoms with Crippen LogP contribution in [0.5, 0.6) is 0 Å². The topological polar surface area (TPSA) is 0 Å². The summed E-state index contributed by atoms with van der Waals surface area (Å²) >= 11 is 0. The molecule has 0 radical (unpaired) electrons. The molecule has 0 fully saturated rings. The van der Waals surface area contributed by atoms with Gasteiger partial charge in [0, 0.05) is 0 Å². The summed E-state index contributed by atoms with van der Waals surface area (Å²) in [4.78, 5) is 0. The second kappa shape index (κ2) is 21.4. The molecule has 0 bridgehead atoms. The molecule has 3 rings (SSSR count). The van der Waals surface area contributed by atoms with Crippen molar-refractivity contribution in [2.75, 3.05) is 0 Å². The van der Waals surface area contributed by atoms with Gasteiger partial charge in [0.25, 0.3) is 0 Å². The average Bonchev–Trinajstić information content (AvgIpc) is 2.92. The zero-order valence-corrected chi connectivity index (χ0v) is 30.3. The largest absolute Gasteiger partial charge is 0.0628 e. The van der Waals surface area contributed by atoms with Crippen LogP contribution < -0.4 is 0 Å². The Labute approximate surface area is 269 Å². The van der Waals surface area contributed by atoms with Crippen LogP contribution in [0.4, 0.5) is 0 Å². The first-order chi connectivity index (χ1) is 20.2. The molecule has 0 nitrogen and oxygen atoms in total. The molecule has 0 amide bonds. The smallest absolute Gasteiger partial charge is 0.0219 e. The number of hydrogen-bond acceptors (Lipinski definition) is 0. The third-order valence-corrected chi connectivity index (χ3v) is 7.64. The Hall–Kier alpha value is -2.34. The molecular formula is C43H68. The van der Waals surface area contributed by atoms with Crippen molar-refractivity contribution in [1.29, 1.82) is 0 Å². The zero-order valence-electron chi connectivity index (χ0n) is 30.3. The van der Waals surface area contributed by atoms with Crippen molar-refractivity contribution in [1.82, 2.24) is 0 Å². The van der Waals surface area contributed by atoms with Crippen LogP contribution in [0.15, 0.2) is 72.8 Å². The van der Waals surface area contributed by atoms with Crippen molar-refractivity contribution in [3.8, 4) is 0 Å². The average molecular weight is 585 g/mol. The van der Waals surface area contributed by atoms with Gasteiger partial charge >= 0.3 is 0 Å². The highest BCUT2D eigenvalue weighted by molar-refractivity contribution is 5.25. The summed E-state index contributed by atoms with van der Waals surface area (Å²) in [6, 6.07) is 27.3. The zero-order chi connectivity index (χ0) is 32.4. The summed E-state index contributed by atoms with van der Waals surface area (Å²) in [6.45, 7) is 27.2. The fourth-order valence-corrected chi connectivity index (χ4v) is 5.05. The summed E-state index contributed by atoms with van der Waals surface area (Å²) in [6.07, 6.45) is 8.63. The van der Waals surface area contributed by atoms with Gasteiger partial charge in [0.2, 0.25) is 0 Å². The van der Waals surface area contributed by atoms with Crippen LogP contribution in [0, 0.1) is 29.6 Å². The quantitative estimate of drug-likeness (QED) is 0.187. The van der Waals surface area contributed by atoms with Crippen LogP contribution >= 0.6 is 0 Å². The summed E-state index contributed by atoms with van der Waals surface area (Å²) in [7, 11) is 0. The molecular weight excluding hydrogens is 516 g/mol. The third kappa shape index (κ3) is 19.5. The Morgan fingerprint density at radius 3 is 0.814 bits per heavy atom. The number of benzene rings is 3. The third-order valence-electron chi connectivity index (χ3n) is 7.64. The van der Waals surface area contributed by atoms with Crippen LogP contribution in [0.3, 0.4) is 0 Å². The van der Waals surface area contributed by atoms with Gasteiger partial charge in [0.05, 0.1) is 0 Å². The molecule has 0 aliphatic carbocycles. The Balaban J connectivity index is 0.000000324. The highest BCUT2D eigenvalue weighted by Crippen LogP contribution is 2.17. The highest BCUT2D eigenvalue weighted by atomic mass is 14.1. The van der Waals surface area contributed by atoms with Gasteiger partial charge in [-0.1, -0.05) is 156 Å². The van der Waals surface area contributed by atoms with Gasteiger partial charge in [-0.2, -0.15) is 0 Å². The number of aryl methyl sites for hydroxylation is 2. The van der Waals surface area contributed by atoms with E-state index in [-0.39, 0.29) is 0 Å². The van der Waals surface area contributed by atoms with E-state index in [1.54, 1.807) is 0 Å². The van der Waals surface area contributed by atoms with Crippen LogP contribution in [0.2, 0.25) is 0 Å². The molecule has 3 aromatic carbocycles. The minimum absolute atomic E-state index is 0.646. The van der Waals surface area contributed by atoms with Gasteiger partial charge in [-0.3, -0.25) is 0 Å². The summed E-state index contributed by atoms with van der Waals surface area (Å²) < 4.78 is 0. The fraction of sp³-hybridized carbons (Fsp3) is 0.581. The van der Waals surface area contributed by atoms with Crippen LogP contribution in [-0.4, -0.2) is 0 Å². The Morgan fingerprint density at radius 2 is 0.581 bits per heavy atom. The van der Waals surface area contributed by atoms with Crippen molar-refractivity contribution in [3.05, 3.63) is 106 Å². The molecule has 3 aromatic rings. The van der Waals surface area contributed by atoms with Crippen molar-refractivity contribution >= 4 is 0 Å². The SMILES string of the molecule is CC(C)CCc1ccc(CCC(C)C)cc1.CC(C)Cc1ccc(C(C)C)cc1.CC(C)Cc1ccc(CC(C)C)cc1. The molecule has 0 aliphatic rings. The lowest BCUT2D eigenvalue weighted by molar-refractivity contribution is 0.583. The van der Waals surface area contributed by atoms with E-state index in [1.165, 1.54) is 78.3 Å². The van der Waals surface area contributed by atoms with Gasteiger partial charge in [-0.05, 0) is 114 Å². The number of hydrogen-bond donors (Lipinski definition) is 0. The predicted molar refractivity (Wildman–Crippen MR) is 195 cm³/mol. The lowest BCUT2D eigenvalue weighted by Gasteiger charge is -2.08. The lowest BCUT2D eigenvalue weighted by Crippen LogP contribution is -1.96. The van der Waals surface area contributed by atoms with E-state index < -0.39 is 0 Å². The first-order valence-electron chi connectivity index (χ1n) is 17.5. The predicted octanol–water partition coefficient (Wildman–Crippen LogP) is 13.0. The molecule has 43 heavy (non-hydrogen) atoms. The van der Waals surface area contributed by atoms with E-state index in [0.29, 0.717) is 5.92 Å². The standard InChI is InChI=1S/C16H26.C14H22.C13H20/c1-13(2)5-7-15-9-11-16(12-10-15)8-6-14(3)4;1-11(2)9-13-5-7-14(8-6-13)10-12(3)4;1-10(2)9-12-5-7-13(8-6-12)11(3)4/h9-14H,5-8H2,1-4H3;5-8,11-12H,9-10H2,1-4H3;5-8,10-11H,9H2,1-4H3. The van der Waals surface area contributed by atoms with E-state index >= 15 is 0 Å². The van der Waals surface area contributed by atoms with Gasteiger partial charge in [0.15, 0.2) is 0 Å². The fourth-order valence-electron chi connectivity index (χ4n) is 5.05. The first-order valence-corrected chi connectivity index (χ1v) is 17.5. The van der Waals surface area contributed by atoms with Crippen LogP contribution in [0.25, 0.3) is 0 Å². The molecule has 0 N–H and O–H groups in total. The maximum absolute atomic E-state index is 2.30. The van der Waals surface area contributed by atoms with Crippen molar-refractivity contribution in [2.45, 2.75) is 134 Å². The van der Waals surface area contributed by atoms with Crippen LogP contribution in [-0.2, 0) is 32.1 Å². The molecule has 0 atom stereocenters. The molecule has 0 spiro atoms. The first kappa shape index (κ1) is 38.7. The monoisotopic (exact) mass is 585 g/mol. The molecule has 240 valence electrons. The molecule has 0 aromatic heterocycles. The summed E-state index contributed by atoms with van der Waals surface area (Å²) in [5.74, 6) is 4.52. The molecule has 0 unspecified atom stereocenters. The Kier molecular flexibility index (Phi) is 19.2. The minimum atomic E-state index is 0.646. The van der Waals surface area contributed by atoms with E-state index in [1.807, 2.05) is 0 Å². The van der Waals surface area contributed by atoms with Crippen molar-refractivity contribution in [3.63, 3.8) is 0 Å². The maximum Gasteiger partial charge on any atom is -0.0219 e. The highest BCUT2D eigenvalue weighted by Gasteiger charge is 2.02. The normalized spacial score (nSPS) is 11.3. The van der Waals surface area contributed by atoms with Gasteiger partial charge in [-0.15, -0.1) is 0 Å². The Bertz CT molecular complexity index is 1000. The summed E-state index contributed by atoms with van der Waals surface area (Å²) in [5.41, 5.74) is 8.80. The molecule has 0 saturated heterocycles. The van der Waals surface area contributed by atoms with Gasteiger partial charge < -0.3 is 0 Å². The summed E-state index contributed by atoms with van der Waals surface area (Å²) in [5, 5.41) is 0. The second-order valence-corrected chi connectivity index (χ2v) is 15.2. The number of rotatable bonds is 13. The van der Waals surface area contributed by atoms with Gasteiger partial charge in [-0.25, -0.2) is 0 Å². The molecule has 0 aliphatic heterocycles. The molecule has 0 heterocycles. The van der Waals surface area contributed by atoms with E-state index in [2.05, 4.69) is 156 Å². The van der Waals surface area contributed by atoms with Crippen molar-refractivity contribution < 1.29 is 0 Å². The molecule has 0 saturated carbocycles. The molecule has 0 heteroatoms. The maximum atomic E-state index is 2.30. The Morgan fingerprint density at radius 1 is 0.326 bits per heavy atom. The lowest BCUT2D eigenvalue weighted by atomic mass is 9.98.